The Morgan fingerprint density at radius 1 is 1.00 bits per heavy atom. The molecule has 2 bridgehead atoms. The molecule has 0 N–H and O–H groups in total. The highest BCUT2D eigenvalue weighted by atomic mass is 19.1. The number of hydrogen-bond acceptors (Lipinski definition) is 7. The minimum Gasteiger partial charge on any atom is -0.496 e. The second kappa shape index (κ2) is 9.79. The monoisotopic (exact) mass is 553 g/mol. The van der Waals surface area contributed by atoms with E-state index in [-0.39, 0.29) is 22.8 Å². The highest BCUT2D eigenvalue weighted by Crippen LogP contribution is 2.43. The van der Waals surface area contributed by atoms with Crippen molar-refractivity contribution in [2.75, 3.05) is 44.8 Å². The molecule has 4 fully saturated rings. The average molecular weight is 554 g/mol. The van der Waals surface area contributed by atoms with Gasteiger partial charge >= 0.3 is 6.01 Å². The van der Waals surface area contributed by atoms with Crippen molar-refractivity contribution in [3.8, 4) is 23.0 Å². The lowest BCUT2D eigenvalue weighted by atomic mass is 9.95. The van der Waals surface area contributed by atoms with E-state index in [1.807, 2.05) is 36.4 Å². The lowest BCUT2D eigenvalue weighted by Gasteiger charge is -2.34. The molecule has 1 saturated carbocycles. The number of halogens is 1. The van der Waals surface area contributed by atoms with Gasteiger partial charge in [0.05, 0.1) is 18.0 Å². The summed E-state index contributed by atoms with van der Waals surface area (Å²) in [7, 11) is 1.64. The maximum Gasteiger partial charge on any atom is 0.319 e. The summed E-state index contributed by atoms with van der Waals surface area (Å²) in [6.07, 6.45) is 10.2. The topological polar surface area (TPSA) is 63.6 Å². The van der Waals surface area contributed by atoms with E-state index in [9.17, 15) is 0 Å². The van der Waals surface area contributed by atoms with Crippen molar-refractivity contribution in [1.82, 2.24) is 19.9 Å². The van der Waals surface area contributed by atoms with Crippen molar-refractivity contribution in [2.45, 2.75) is 50.5 Å². The minimum absolute atomic E-state index is 0.0597. The van der Waals surface area contributed by atoms with Crippen molar-refractivity contribution >= 4 is 27.5 Å². The summed E-state index contributed by atoms with van der Waals surface area (Å²) in [5.74, 6) is 2.31. The van der Waals surface area contributed by atoms with Gasteiger partial charge in [0.25, 0.3) is 0 Å². The second-order valence-electron chi connectivity index (χ2n) is 12.5. The average Bonchev–Trinajstić information content (AvgIpc) is 3.69. The maximum absolute atomic E-state index is 16.7. The first-order chi connectivity index (χ1) is 20.1. The SMILES string of the molecule is COc1cccc2cccc(-c3ncc4c(N5CC6CCC(C6)C5)nc(OCC56CCCN5CCC6)nc4c3F)c12. The maximum atomic E-state index is 16.7. The minimum atomic E-state index is -0.448. The third-order valence-corrected chi connectivity index (χ3v) is 10.2. The molecule has 2 unspecified atom stereocenters. The molecule has 0 spiro atoms. The lowest BCUT2D eigenvalue weighted by molar-refractivity contribution is 0.108. The summed E-state index contributed by atoms with van der Waals surface area (Å²) in [6.45, 7) is 4.67. The van der Waals surface area contributed by atoms with E-state index in [4.69, 9.17) is 24.4 Å². The van der Waals surface area contributed by atoms with E-state index in [1.54, 1.807) is 13.3 Å². The van der Waals surface area contributed by atoms with Gasteiger partial charge in [-0.25, -0.2) is 4.39 Å². The quantitative estimate of drug-likeness (QED) is 0.280. The third-order valence-electron chi connectivity index (χ3n) is 10.2. The van der Waals surface area contributed by atoms with Gasteiger partial charge in [-0.3, -0.25) is 9.88 Å². The molecule has 2 aromatic carbocycles. The fraction of sp³-hybridized carbons (Fsp3) is 0.485. The largest absolute Gasteiger partial charge is 0.496 e. The molecule has 8 rings (SSSR count). The fourth-order valence-corrected chi connectivity index (χ4v) is 8.23. The van der Waals surface area contributed by atoms with E-state index in [0.717, 1.165) is 55.6 Å². The van der Waals surface area contributed by atoms with Crippen LogP contribution in [0.3, 0.4) is 0 Å². The van der Waals surface area contributed by atoms with E-state index in [2.05, 4.69) is 9.80 Å². The summed E-state index contributed by atoms with van der Waals surface area (Å²) in [6, 6.07) is 12.0. The fourth-order valence-electron chi connectivity index (χ4n) is 8.23. The van der Waals surface area contributed by atoms with Crippen LogP contribution in [0.2, 0.25) is 0 Å². The number of anilines is 1. The molecule has 3 aliphatic heterocycles. The number of methoxy groups -OCH3 is 1. The molecule has 1 aliphatic carbocycles. The van der Waals surface area contributed by atoms with Gasteiger partial charge in [-0.05, 0) is 81.3 Å². The van der Waals surface area contributed by atoms with Crippen LogP contribution in [-0.4, -0.2) is 65.3 Å². The van der Waals surface area contributed by atoms with Crippen molar-refractivity contribution < 1.29 is 13.9 Å². The number of piperidine rings is 1. The van der Waals surface area contributed by atoms with E-state index in [1.165, 1.54) is 32.1 Å². The van der Waals surface area contributed by atoms with Gasteiger partial charge in [-0.1, -0.05) is 30.3 Å². The van der Waals surface area contributed by atoms with Gasteiger partial charge in [0.2, 0.25) is 0 Å². The third kappa shape index (κ3) is 4.13. The molecule has 212 valence electrons. The zero-order valence-electron chi connectivity index (χ0n) is 23.6. The number of fused-ring (bicyclic) bond motifs is 5. The normalized spacial score (nSPS) is 23.4. The number of hydrogen-bond donors (Lipinski definition) is 0. The van der Waals surface area contributed by atoms with Gasteiger partial charge in [-0.2, -0.15) is 9.97 Å². The summed E-state index contributed by atoms with van der Waals surface area (Å²) in [5.41, 5.74) is 1.28. The summed E-state index contributed by atoms with van der Waals surface area (Å²) in [5, 5.41) is 2.45. The zero-order valence-corrected chi connectivity index (χ0v) is 23.6. The number of ether oxygens (including phenoxy) is 2. The Kier molecular flexibility index (Phi) is 6.02. The first kappa shape index (κ1) is 25.2. The molecular formula is C33H36FN5O2. The van der Waals surface area contributed by atoms with Crippen LogP contribution < -0.4 is 14.4 Å². The van der Waals surface area contributed by atoms with Crippen LogP contribution in [0, 0.1) is 17.7 Å². The Morgan fingerprint density at radius 3 is 2.51 bits per heavy atom. The molecule has 4 aromatic rings. The van der Waals surface area contributed by atoms with Gasteiger partial charge in [-0.15, -0.1) is 0 Å². The molecular weight excluding hydrogens is 517 g/mol. The number of benzene rings is 2. The highest BCUT2D eigenvalue weighted by molar-refractivity contribution is 6.02. The van der Waals surface area contributed by atoms with Crippen LogP contribution in [-0.2, 0) is 0 Å². The first-order valence-electron chi connectivity index (χ1n) is 15.2. The summed E-state index contributed by atoms with van der Waals surface area (Å²) in [4.78, 5) is 19.3. The predicted octanol–water partition coefficient (Wildman–Crippen LogP) is 6.24. The summed E-state index contributed by atoms with van der Waals surface area (Å²) >= 11 is 0. The molecule has 0 amide bonds. The summed E-state index contributed by atoms with van der Waals surface area (Å²) < 4.78 is 28.8. The Morgan fingerprint density at radius 2 is 1.76 bits per heavy atom. The number of rotatable bonds is 6. The van der Waals surface area contributed by atoms with Crippen molar-refractivity contribution in [1.29, 1.82) is 0 Å². The smallest absolute Gasteiger partial charge is 0.319 e. The van der Waals surface area contributed by atoms with Crippen molar-refractivity contribution in [2.24, 2.45) is 11.8 Å². The van der Waals surface area contributed by atoms with E-state index < -0.39 is 5.82 Å². The van der Waals surface area contributed by atoms with Gasteiger partial charge < -0.3 is 14.4 Å². The number of pyridine rings is 1. The van der Waals surface area contributed by atoms with Gasteiger partial charge in [0.15, 0.2) is 5.82 Å². The molecule has 3 saturated heterocycles. The lowest BCUT2D eigenvalue weighted by Crippen LogP contribution is -2.43. The molecule has 8 heteroatoms. The Balaban J connectivity index is 1.26. The molecule has 41 heavy (non-hydrogen) atoms. The Bertz CT molecular complexity index is 1620. The zero-order chi connectivity index (χ0) is 27.6. The van der Waals surface area contributed by atoms with Crippen LogP contribution in [0.15, 0.2) is 42.6 Å². The number of nitrogens with zero attached hydrogens (tertiary/aromatic N) is 5. The molecule has 4 aliphatic rings. The van der Waals surface area contributed by atoms with E-state index >= 15 is 4.39 Å². The van der Waals surface area contributed by atoms with Gasteiger partial charge in [0.1, 0.15) is 29.4 Å². The van der Waals surface area contributed by atoms with Crippen LogP contribution in [0.1, 0.15) is 44.9 Å². The number of aromatic nitrogens is 3. The van der Waals surface area contributed by atoms with Crippen LogP contribution in [0.5, 0.6) is 11.8 Å². The Hall–Kier alpha value is -3.52. The first-order valence-corrected chi connectivity index (χ1v) is 15.2. The van der Waals surface area contributed by atoms with Gasteiger partial charge in [0, 0.05) is 30.2 Å². The molecule has 2 aromatic heterocycles. The van der Waals surface area contributed by atoms with Crippen molar-refractivity contribution in [3.63, 3.8) is 0 Å². The molecule has 7 nitrogen and oxygen atoms in total. The van der Waals surface area contributed by atoms with Crippen LogP contribution in [0.25, 0.3) is 32.9 Å². The predicted molar refractivity (Wildman–Crippen MR) is 158 cm³/mol. The van der Waals surface area contributed by atoms with Crippen LogP contribution >= 0.6 is 0 Å². The van der Waals surface area contributed by atoms with Crippen LogP contribution in [0.4, 0.5) is 10.2 Å². The highest BCUT2D eigenvalue weighted by Gasteiger charge is 2.45. The second-order valence-corrected chi connectivity index (χ2v) is 12.5. The molecule has 2 atom stereocenters. The van der Waals surface area contributed by atoms with Crippen molar-refractivity contribution in [3.05, 3.63) is 48.4 Å². The molecule has 0 radical (unpaired) electrons. The standard InChI is InChI=1S/C33H36FN5O2/c1-40-26-9-3-7-23-6-2-8-24(27(23)26)29-28(34)30-25(17-35-29)31(38-18-21-10-11-22(16-21)19-38)37-32(36-30)41-20-33-12-4-14-39(33)15-5-13-33/h2-3,6-9,17,21-22H,4-5,10-16,18-20H2,1H3. The molecule has 5 heterocycles. The Labute approximate surface area is 239 Å². The van der Waals surface area contributed by atoms with E-state index in [0.29, 0.717) is 35.1 Å².